The zero-order valence-electron chi connectivity index (χ0n) is 13.1. The molecule has 0 saturated heterocycles. The van der Waals surface area contributed by atoms with Crippen LogP contribution in [0.25, 0.3) is 0 Å². The molecule has 1 aromatic heterocycles. The van der Waals surface area contributed by atoms with E-state index in [0.717, 1.165) is 38.4 Å². The summed E-state index contributed by atoms with van der Waals surface area (Å²) in [5.41, 5.74) is 1.38. The van der Waals surface area contributed by atoms with Crippen LogP contribution in [-0.4, -0.2) is 41.1 Å². The first-order chi connectivity index (χ1) is 10.3. The lowest BCUT2D eigenvalue weighted by molar-refractivity contribution is 0.320. The fourth-order valence-corrected chi connectivity index (χ4v) is 2.41. The van der Waals surface area contributed by atoms with E-state index in [2.05, 4.69) is 57.1 Å². The van der Waals surface area contributed by atoms with Crippen LogP contribution in [0.15, 0.2) is 42.7 Å². The maximum atomic E-state index is 4.32. The molecule has 2 rings (SSSR count). The number of benzene rings is 1. The number of rotatable bonds is 9. The molecule has 0 aliphatic heterocycles. The molecule has 21 heavy (non-hydrogen) atoms. The van der Waals surface area contributed by atoms with Gasteiger partial charge in [-0.2, -0.15) is 0 Å². The molecule has 1 N–H and O–H groups in total. The number of hydrogen-bond donors (Lipinski definition) is 1. The Kier molecular flexibility index (Phi) is 6.44. The smallest absolute Gasteiger partial charge is 0.109 e. The predicted molar refractivity (Wildman–Crippen MR) is 87.2 cm³/mol. The topological polar surface area (TPSA) is 33.1 Å². The van der Waals surface area contributed by atoms with Gasteiger partial charge in [0.1, 0.15) is 5.82 Å². The van der Waals surface area contributed by atoms with Crippen molar-refractivity contribution in [1.29, 1.82) is 0 Å². The molecule has 0 aliphatic carbocycles. The minimum Gasteiger partial charge on any atom is -0.338 e. The standard InChI is InChI=1S/C17H26N4/c1-20(15-16-7-4-3-5-8-16)13-6-10-18-11-9-17-19-12-14-21(17)2/h3-5,7-8,12,14,18H,6,9-11,13,15H2,1-2H3. The maximum absolute atomic E-state index is 4.32. The largest absolute Gasteiger partial charge is 0.338 e. The first-order valence-corrected chi connectivity index (χ1v) is 7.65. The number of nitrogens with one attached hydrogen (secondary N) is 1. The Morgan fingerprint density at radius 1 is 1.19 bits per heavy atom. The lowest BCUT2D eigenvalue weighted by atomic mass is 10.2. The summed E-state index contributed by atoms with van der Waals surface area (Å²) in [6.45, 7) is 4.19. The highest BCUT2D eigenvalue weighted by Crippen LogP contribution is 2.02. The summed E-state index contributed by atoms with van der Waals surface area (Å²) >= 11 is 0. The van der Waals surface area contributed by atoms with Gasteiger partial charge in [-0.15, -0.1) is 0 Å². The van der Waals surface area contributed by atoms with Crippen LogP contribution in [0.4, 0.5) is 0 Å². The molecule has 0 atom stereocenters. The van der Waals surface area contributed by atoms with E-state index in [-0.39, 0.29) is 0 Å². The summed E-state index contributed by atoms with van der Waals surface area (Å²) in [5.74, 6) is 1.14. The second kappa shape index (κ2) is 8.60. The van der Waals surface area contributed by atoms with Crippen molar-refractivity contribution in [3.05, 3.63) is 54.1 Å². The van der Waals surface area contributed by atoms with Crippen molar-refractivity contribution < 1.29 is 0 Å². The van der Waals surface area contributed by atoms with Crippen molar-refractivity contribution in [2.45, 2.75) is 19.4 Å². The minimum absolute atomic E-state index is 0.989. The molecule has 0 unspecified atom stereocenters. The SMILES string of the molecule is CN(CCCNCCc1nccn1C)Cc1ccccc1. The van der Waals surface area contributed by atoms with E-state index in [1.165, 1.54) is 12.0 Å². The molecule has 2 aromatic rings. The van der Waals surface area contributed by atoms with Gasteiger partial charge in [-0.25, -0.2) is 4.98 Å². The van der Waals surface area contributed by atoms with E-state index in [9.17, 15) is 0 Å². The van der Waals surface area contributed by atoms with Gasteiger partial charge in [0.05, 0.1) is 0 Å². The number of aryl methyl sites for hydroxylation is 1. The van der Waals surface area contributed by atoms with Crippen molar-refractivity contribution in [2.24, 2.45) is 7.05 Å². The van der Waals surface area contributed by atoms with Crippen molar-refractivity contribution in [2.75, 3.05) is 26.7 Å². The molecule has 0 aliphatic rings. The highest BCUT2D eigenvalue weighted by molar-refractivity contribution is 5.14. The molecule has 0 saturated carbocycles. The molecule has 4 nitrogen and oxygen atoms in total. The molecule has 0 radical (unpaired) electrons. The van der Waals surface area contributed by atoms with E-state index >= 15 is 0 Å². The maximum Gasteiger partial charge on any atom is 0.109 e. The molecule has 1 aromatic carbocycles. The van der Waals surface area contributed by atoms with Crippen LogP contribution in [0.5, 0.6) is 0 Å². The molecule has 114 valence electrons. The Morgan fingerprint density at radius 3 is 2.71 bits per heavy atom. The summed E-state index contributed by atoms with van der Waals surface area (Å²) in [6.07, 6.45) is 6.01. The molecule has 4 heteroatoms. The fraction of sp³-hybridized carbons (Fsp3) is 0.471. The monoisotopic (exact) mass is 286 g/mol. The molecule has 0 spiro atoms. The van der Waals surface area contributed by atoms with Crippen molar-refractivity contribution in [3.63, 3.8) is 0 Å². The molecular weight excluding hydrogens is 260 g/mol. The van der Waals surface area contributed by atoms with Gasteiger partial charge in [-0.05, 0) is 32.1 Å². The molecule has 0 fully saturated rings. The summed E-state index contributed by atoms with van der Waals surface area (Å²) in [6, 6.07) is 10.6. The Bertz CT molecular complexity index is 507. The van der Waals surface area contributed by atoms with Crippen LogP contribution in [0.1, 0.15) is 17.8 Å². The fourth-order valence-electron chi connectivity index (χ4n) is 2.41. The average Bonchev–Trinajstić information content (AvgIpc) is 2.89. The predicted octanol–water partition coefficient (Wildman–Crippen LogP) is 2.07. The Labute approximate surface area is 127 Å². The Balaban J connectivity index is 1.52. The Morgan fingerprint density at radius 2 is 2.00 bits per heavy atom. The van der Waals surface area contributed by atoms with E-state index < -0.39 is 0 Å². The van der Waals surface area contributed by atoms with Gasteiger partial charge >= 0.3 is 0 Å². The van der Waals surface area contributed by atoms with E-state index in [1.54, 1.807) is 0 Å². The van der Waals surface area contributed by atoms with Crippen molar-refractivity contribution in [3.8, 4) is 0 Å². The highest BCUT2D eigenvalue weighted by atomic mass is 15.1. The van der Waals surface area contributed by atoms with Crippen LogP contribution in [0.2, 0.25) is 0 Å². The van der Waals surface area contributed by atoms with Gasteiger partial charge in [-0.3, -0.25) is 0 Å². The lowest BCUT2D eigenvalue weighted by Gasteiger charge is -2.16. The molecule has 0 amide bonds. The average molecular weight is 286 g/mol. The van der Waals surface area contributed by atoms with Crippen molar-refractivity contribution >= 4 is 0 Å². The van der Waals surface area contributed by atoms with Crippen LogP contribution >= 0.6 is 0 Å². The van der Waals surface area contributed by atoms with E-state index in [1.807, 2.05) is 19.4 Å². The number of imidazole rings is 1. The summed E-state index contributed by atoms with van der Waals surface area (Å²) in [5, 5.41) is 3.49. The van der Waals surface area contributed by atoms with Gasteiger partial charge in [0.15, 0.2) is 0 Å². The zero-order chi connectivity index (χ0) is 14.9. The third-order valence-corrected chi connectivity index (χ3v) is 3.64. The number of hydrogen-bond acceptors (Lipinski definition) is 3. The second-order valence-electron chi connectivity index (χ2n) is 5.53. The van der Waals surface area contributed by atoms with E-state index in [0.29, 0.717) is 0 Å². The third kappa shape index (κ3) is 5.69. The lowest BCUT2D eigenvalue weighted by Crippen LogP contribution is -2.25. The van der Waals surface area contributed by atoms with Gasteiger partial charge < -0.3 is 14.8 Å². The first kappa shape index (κ1) is 15.7. The minimum atomic E-state index is 0.989. The zero-order valence-corrected chi connectivity index (χ0v) is 13.1. The van der Waals surface area contributed by atoms with Gasteiger partial charge in [0.25, 0.3) is 0 Å². The van der Waals surface area contributed by atoms with Crippen molar-refractivity contribution in [1.82, 2.24) is 19.8 Å². The van der Waals surface area contributed by atoms with Crippen LogP contribution in [0.3, 0.4) is 0 Å². The van der Waals surface area contributed by atoms with Gasteiger partial charge in [0.2, 0.25) is 0 Å². The molecule has 0 bridgehead atoms. The van der Waals surface area contributed by atoms with Crippen LogP contribution < -0.4 is 5.32 Å². The highest BCUT2D eigenvalue weighted by Gasteiger charge is 2.00. The molecule has 1 heterocycles. The van der Waals surface area contributed by atoms with E-state index in [4.69, 9.17) is 0 Å². The van der Waals surface area contributed by atoms with Crippen LogP contribution in [-0.2, 0) is 20.0 Å². The molecular formula is C17H26N4. The van der Waals surface area contributed by atoms with Gasteiger partial charge in [0, 0.05) is 39.0 Å². The second-order valence-corrected chi connectivity index (χ2v) is 5.53. The number of nitrogens with zero attached hydrogens (tertiary/aromatic N) is 3. The summed E-state index contributed by atoms with van der Waals surface area (Å²) in [4.78, 5) is 6.69. The van der Waals surface area contributed by atoms with Gasteiger partial charge in [-0.1, -0.05) is 30.3 Å². The Hall–Kier alpha value is -1.65. The summed E-state index contributed by atoms with van der Waals surface area (Å²) in [7, 11) is 4.22. The van der Waals surface area contributed by atoms with Crippen LogP contribution in [0, 0.1) is 0 Å². The summed E-state index contributed by atoms with van der Waals surface area (Å²) < 4.78 is 2.08. The third-order valence-electron chi connectivity index (χ3n) is 3.64. The normalized spacial score (nSPS) is 11.2. The first-order valence-electron chi connectivity index (χ1n) is 7.65. The quantitative estimate of drug-likeness (QED) is 0.717. The number of aromatic nitrogens is 2.